The lowest BCUT2D eigenvalue weighted by molar-refractivity contribution is 0.153. The predicted molar refractivity (Wildman–Crippen MR) is 96.3 cm³/mol. The van der Waals surface area contributed by atoms with Gasteiger partial charge in [0.2, 0.25) is 0 Å². The molecule has 6 heteroatoms. The molecule has 138 valence electrons. The molecule has 1 N–H and O–H groups in total. The standard InChI is InChI=1S/C19H31N5O/c25-19(20-17-7-3-1-2-4-8-17)23-11-5-6-15(12-23)13-24-14-18(21-22-24)16-9-10-16/h14-17H,1-13H2,(H,20,25)/t15-/m0/s1. The Balaban J connectivity index is 1.28. The highest BCUT2D eigenvalue weighted by atomic mass is 16.2. The van der Waals surface area contributed by atoms with Crippen LogP contribution < -0.4 is 5.32 Å². The van der Waals surface area contributed by atoms with Crippen molar-refractivity contribution in [3.8, 4) is 0 Å². The minimum atomic E-state index is 0.147. The summed E-state index contributed by atoms with van der Waals surface area (Å²) in [7, 11) is 0. The predicted octanol–water partition coefficient (Wildman–Crippen LogP) is 3.30. The third-order valence-electron chi connectivity index (χ3n) is 5.99. The fourth-order valence-corrected chi connectivity index (χ4v) is 4.32. The first-order valence-electron chi connectivity index (χ1n) is 10.2. The lowest BCUT2D eigenvalue weighted by Gasteiger charge is -2.33. The summed E-state index contributed by atoms with van der Waals surface area (Å²) < 4.78 is 1.99. The van der Waals surface area contributed by atoms with Crippen LogP contribution in [0.2, 0.25) is 0 Å². The highest BCUT2D eigenvalue weighted by Gasteiger charge is 2.28. The van der Waals surface area contributed by atoms with Crippen LogP contribution in [0, 0.1) is 5.92 Å². The third-order valence-corrected chi connectivity index (χ3v) is 5.99. The summed E-state index contributed by atoms with van der Waals surface area (Å²) in [5.41, 5.74) is 1.15. The second-order valence-electron chi connectivity index (χ2n) is 8.23. The van der Waals surface area contributed by atoms with E-state index in [1.807, 2.05) is 9.58 Å². The molecule has 2 saturated carbocycles. The molecule has 6 nitrogen and oxygen atoms in total. The summed E-state index contributed by atoms with van der Waals surface area (Å²) in [5, 5.41) is 11.9. The van der Waals surface area contributed by atoms with Crippen LogP contribution in [0.1, 0.15) is 75.8 Å². The number of aromatic nitrogens is 3. The van der Waals surface area contributed by atoms with E-state index in [1.54, 1.807) is 0 Å². The Morgan fingerprint density at radius 1 is 1.08 bits per heavy atom. The second kappa shape index (κ2) is 7.75. The second-order valence-corrected chi connectivity index (χ2v) is 8.23. The van der Waals surface area contributed by atoms with Gasteiger partial charge in [-0.15, -0.1) is 5.10 Å². The van der Waals surface area contributed by atoms with Gasteiger partial charge in [-0.1, -0.05) is 30.9 Å². The van der Waals surface area contributed by atoms with E-state index < -0.39 is 0 Å². The lowest BCUT2D eigenvalue weighted by atomic mass is 9.98. The molecule has 0 bridgehead atoms. The highest BCUT2D eigenvalue weighted by Crippen LogP contribution is 2.38. The van der Waals surface area contributed by atoms with Crippen molar-refractivity contribution >= 4 is 6.03 Å². The lowest BCUT2D eigenvalue weighted by Crippen LogP contribution is -2.49. The molecule has 0 aromatic carbocycles. The number of nitrogens with zero attached hydrogens (tertiary/aromatic N) is 4. The van der Waals surface area contributed by atoms with Gasteiger partial charge in [-0.25, -0.2) is 4.79 Å². The Morgan fingerprint density at radius 2 is 1.88 bits per heavy atom. The summed E-state index contributed by atoms with van der Waals surface area (Å²) in [6, 6.07) is 0.528. The van der Waals surface area contributed by atoms with Crippen LogP contribution in [0.5, 0.6) is 0 Å². The quantitative estimate of drug-likeness (QED) is 0.852. The van der Waals surface area contributed by atoms with E-state index in [4.69, 9.17) is 0 Å². The average molecular weight is 345 g/mol. The zero-order valence-electron chi connectivity index (χ0n) is 15.2. The number of hydrogen-bond acceptors (Lipinski definition) is 3. The summed E-state index contributed by atoms with van der Waals surface area (Å²) in [4.78, 5) is 14.7. The molecule has 3 aliphatic rings. The van der Waals surface area contributed by atoms with Gasteiger partial charge in [-0.05, 0) is 44.4 Å². The van der Waals surface area contributed by atoms with Gasteiger partial charge in [-0.2, -0.15) is 0 Å². The minimum absolute atomic E-state index is 0.147. The maximum atomic E-state index is 12.7. The molecule has 4 rings (SSSR count). The molecule has 3 fully saturated rings. The highest BCUT2D eigenvalue weighted by molar-refractivity contribution is 5.74. The van der Waals surface area contributed by atoms with E-state index in [9.17, 15) is 4.79 Å². The molecule has 1 aromatic rings. The van der Waals surface area contributed by atoms with Gasteiger partial charge in [0.1, 0.15) is 0 Å². The van der Waals surface area contributed by atoms with Crippen molar-refractivity contribution in [2.45, 2.75) is 82.7 Å². The Morgan fingerprint density at radius 3 is 2.64 bits per heavy atom. The molecule has 0 spiro atoms. The number of piperidine rings is 1. The van der Waals surface area contributed by atoms with Gasteiger partial charge in [0.05, 0.1) is 5.69 Å². The molecule has 0 radical (unpaired) electrons. The molecular formula is C19H31N5O. The number of carbonyl (C=O) groups excluding carboxylic acids is 1. The molecule has 2 heterocycles. The van der Waals surface area contributed by atoms with E-state index in [0.717, 1.165) is 44.6 Å². The minimum Gasteiger partial charge on any atom is -0.335 e. The largest absolute Gasteiger partial charge is 0.335 e. The Labute approximate surface area is 150 Å². The number of carbonyl (C=O) groups is 1. The van der Waals surface area contributed by atoms with Crippen molar-refractivity contribution in [3.63, 3.8) is 0 Å². The summed E-state index contributed by atoms with van der Waals surface area (Å²) in [5.74, 6) is 1.14. The van der Waals surface area contributed by atoms with Gasteiger partial charge in [0.15, 0.2) is 0 Å². The van der Waals surface area contributed by atoms with E-state index in [0.29, 0.717) is 17.9 Å². The molecule has 1 saturated heterocycles. The maximum absolute atomic E-state index is 12.7. The van der Waals surface area contributed by atoms with Crippen molar-refractivity contribution in [2.75, 3.05) is 13.1 Å². The van der Waals surface area contributed by atoms with Crippen molar-refractivity contribution in [2.24, 2.45) is 5.92 Å². The van der Waals surface area contributed by atoms with Crippen LogP contribution in [0.25, 0.3) is 0 Å². The van der Waals surface area contributed by atoms with E-state index >= 15 is 0 Å². The van der Waals surface area contributed by atoms with E-state index in [-0.39, 0.29) is 6.03 Å². The molecule has 2 amide bonds. The third kappa shape index (κ3) is 4.53. The number of urea groups is 1. The molecule has 25 heavy (non-hydrogen) atoms. The van der Waals surface area contributed by atoms with Crippen molar-refractivity contribution in [3.05, 3.63) is 11.9 Å². The van der Waals surface area contributed by atoms with Crippen LogP contribution in [0.15, 0.2) is 6.20 Å². The normalized spacial score (nSPS) is 25.6. The van der Waals surface area contributed by atoms with Crippen LogP contribution >= 0.6 is 0 Å². The fraction of sp³-hybridized carbons (Fsp3) is 0.842. The van der Waals surface area contributed by atoms with Gasteiger partial charge in [0.25, 0.3) is 0 Å². The first-order valence-corrected chi connectivity index (χ1v) is 10.2. The first-order chi connectivity index (χ1) is 12.3. The van der Waals surface area contributed by atoms with Crippen molar-refractivity contribution in [1.82, 2.24) is 25.2 Å². The number of rotatable bonds is 4. The van der Waals surface area contributed by atoms with Crippen LogP contribution in [-0.4, -0.2) is 45.1 Å². The van der Waals surface area contributed by atoms with Crippen LogP contribution in [0.4, 0.5) is 4.79 Å². The van der Waals surface area contributed by atoms with E-state index in [2.05, 4.69) is 21.8 Å². The molecule has 1 aromatic heterocycles. The molecule has 0 unspecified atom stereocenters. The molecule has 1 aliphatic heterocycles. The molecular weight excluding hydrogens is 314 g/mol. The van der Waals surface area contributed by atoms with E-state index in [1.165, 1.54) is 44.9 Å². The Hall–Kier alpha value is -1.59. The monoisotopic (exact) mass is 345 g/mol. The number of amides is 2. The fourth-order valence-electron chi connectivity index (χ4n) is 4.32. The topological polar surface area (TPSA) is 63.1 Å². The van der Waals surface area contributed by atoms with Crippen molar-refractivity contribution < 1.29 is 4.79 Å². The van der Waals surface area contributed by atoms with Crippen LogP contribution in [-0.2, 0) is 6.54 Å². The zero-order valence-corrected chi connectivity index (χ0v) is 15.2. The van der Waals surface area contributed by atoms with Gasteiger partial charge < -0.3 is 10.2 Å². The Bertz CT molecular complexity index is 574. The number of nitrogens with one attached hydrogen (secondary N) is 1. The number of likely N-dealkylation sites (tertiary alicyclic amines) is 1. The van der Waals surface area contributed by atoms with Gasteiger partial charge in [0, 0.05) is 37.8 Å². The summed E-state index contributed by atoms with van der Waals surface area (Å²) in [6.07, 6.45) is 14.3. The SMILES string of the molecule is O=C(NC1CCCCCC1)N1CCC[C@H](Cn2cc(C3CC3)nn2)C1. The number of hydrogen-bond donors (Lipinski definition) is 1. The molecule has 2 aliphatic carbocycles. The molecule has 1 atom stereocenters. The zero-order chi connectivity index (χ0) is 17.1. The van der Waals surface area contributed by atoms with Crippen LogP contribution in [0.3, 0.4) is 0 Å². The maximum Gasteiger partial charge on any atom is 0.317 e. The smallest absolute Gasteiger partial charge is 0.317 e. The Kier molecular flexibility index (Phi) is 5.22. The average Bonchev–Trinajstić information content (AvgIpc) is 3.41. The van der Waals surface area contributed by atoms with Crippen molar-refractivity contribution in [1.29, 1.82) is 0 Å². The van der Waals surface area contributed by atoms with Gasteiger partial charge >= 0.3 is 6.03 Å². The summed E-state index contributed by atoms with van der Waals surface area (Å²) in [6.45, 7) is 2.61. The summed E-state index contributed by atoms with van der Waals surface area (Å²) >= 11 is 0. The first kappa shape index (κ1) is 16.9. The van der Waals surface area contributed by atoms with Gasteiger partial charge in [-0.3, -0.25) is 4.68 Å².